The minimum Gasteiger partial charge on any atom is -0.340 e. The van der Waals surface area contributed by atoms with Crippen LogP contribution in [0.3, 0.4) is 0 Å². The van der Waals surface area contributed by atoms with Gasteiger partial charge in [0.05, 0.1) is 0 Å². The summed E-state index contributed by atoms with van der Waals surface area (Å²) in [4.78, 5) is 19.5. The molecule has 1 fully saturated rings. The number of hydrogen-bond donors (Lipinski definition) is 0. The highest BCUT2D eigenvalue weighted by Crippen LogP contribution is 2.26. The maximum atomic E-state index is 12.7. The third-order valence-electron chi connectivity index (χ3n) is 6.46. The van der Waals surface area contributed by atoms with E-state index in [4.69, 9.17) is 0 Å². The summed E-state index contributed by atoms with van der Waals surface area (Å²) in [5.41, 5.74) is 3.42. The molecule has 0 bridgehead atoms. The Kier molecular flexibility index (Phi) is 7.57. The van der Waals surface area contributed by atoms with Crippen molar-refractivity contribution in [3.05, 3.63) is 91.0 Å². The standard InChI is InChI=1S/C28H33N3O/c1-29(25-11-5-2-6-12-25)28(32)23-24-17-19-30(20-18-24)21-22-31(26-13-7-3-8-14-26)27-15-9-4-10-16-27/h2-16,24H,17-23H2,1H3. The minimum absolute atomic E-state index is 0.217. The molecule has 1 saturated heterocycles. The van der Waals surface area contributed by atoms with Crippen molar-refractivity contribution in [2.75, 3.05) is 43.0 Å². The number of likely N-dealkylation sites (tertiary alicyclic amines) is 1. The molecule has 166 valence electrons. The minimum atomic E-state index is 0.217. The van der Waals surface area contributed by atoms with E-state index >= 15 is 0 Å². The molecule has 4 rings (SSSR count). The molecule has 0 atom stereocenters. The predicted molar refractivity (Wildman–Crippen MR) is 134 cm³/mol. The van der Waals surface area contributed by atoms with E-state index in [1.165, 1.54) is 11.4 Å². The van der Waals surface area contributed by atoms with Gasteiger partial charge in [-0.2, -0.15) is 0 Å². The maximum absolute atomic E-state index is 12.7. The largest absolute Gasteiger partial charge is 0.340 e. The molecule has 1 aliphatic rings. The fourth-order valence-corrected chi connectivity index (χ4v) is 4.46. The third kappa shape index (κ3) is 5.77. The van der Waals surface area contributed by atoms with E-state index in [1.54, 1.807) is 4.90 Å². The van der Waals surface area contributed by atoms with Gasteiger partial charge in [-0.1, -0.05) is 54.6 Å². The van der Waals surface area contributed by atoms with Crippen LogP contribution in [-0.4, -0.2) is 44.0 Å². The number of carbonyl (C=O) groups is 1. The zero-order valence-electron chi connectivity index (χ0n) is 18.9. The first kappa shape index (κ1) is 22.1. The van der Waals surface area contributed by atoms with Gasteiger partial charge in [-0.3, -0.25) is 4.79 Å². The Hall–Kier alpha value is -3.11. The highest BCUT2D eigenvalue weighted by molar-refractivity contribution is 5.92. The van der Waals surface area contributed by atoms with E-state index in [1.807, 2.05) is 37.4 Å². The molecule has 1 amide bonds. The van der Waals surface area contributed by atoms with Crippen LogP contribution in [0.25, 0.3) is 0 Å². The molecule has 1 aliphatic heterocycles. The normalized spacial score (nSPS) is 14.8. The fourth-order valence-electron chi connectivity index (χ4n) is 4.46. The second-order valence-electron chi connectivity index (χ2n) is 8.60. The maximum Gasteiger partial charge on any atom is 0.226 e. The van der Waals surface area contributed by atoms with Crippen LogP contribution in [0.15, 0.2) is 91.0 Å². The second-order valence-corrected chi connectivity index (χ2v) is 8.60. The Morgan fingerprint density at radius 1 is 0.781 bits per heavy atom. The quantitative estimate of drug-likeness (QED) is 0.469. The van der Waals surface area contributed by atoms with Gasteiger partial charge < -0.3 is 14.7 Å². The molecule has 0 N–H and O–H groups in total. The van der Waals surface area contributed by atoms with Crippen LogP contribution < -0.4 is 9.80 Å². The highest BCUT2D eigenvalue weighted by atomic mass is 16.2. The summed E-state index contributed by atoms with van der Waals surface area (Å²) in [6.45, 7) is 4.09. The molecule has 4 heteroatoms. The molecule has 3 aromatic rings. The average molecular weight is 428 g/mol. The Morgan fingerprint density at radius 2 is 1.25 bits per heavy atom. The van der Waals surface area contributed by atoms with Gasteiger partial charge >= 0.3 is 0 Å². The molecule has 0 saturated carbocycles. The molecule has 3 aromatic carbocycles. The monoisotopic (exact) mass is 427 g/mol. The van der Waals surface area contributed by atoms with Gasteiger partial charge in [0.15, 0.2) is 0 Å². The summed E-state index contributed by atoms with van der Waals surface area (Å²) in [6, 6.07) is 31.1. The Morgan fingerprint density at radius 3 is 1.75 bits per heavy atom. The van der Waals surface area contributed by atoms with Gasteiger partial charge in [-0.25, -0.2) is 0 Å². The molecular formula is C28H33N3O. The molecule has 0 aliphatic carbocycles. The van der Waals surface area contributed by atoms with Gasteiger partial charge in [-0.15, -0.1) is 0 Å². The number of carbonyl (C=O) groups excluding carboxylic acids is 1. The van der Waals surface area contributed by atoms with Crippen LogP contribution >= 0.6 is 0 Å². The van der Waals surface area contributed by atoms with Crippen LogP contribution in [0.4, 0.5) is 17.1 Å². The predicted octanol–water partition coefficient (Wildman–Crippen LogP) is 5.59. The first-order valence-corrected chi connectivity index (χ1v) is 11.6. The number of piperidine rings is 1. The van der Waals surface area contributed by atoms with E-state index in [0.717, 1.165) is 44.7 Å². The van der Waals surface area contributed by atoms with E-state index in [9.17, 15) is 4.79 Å². The lowest BCUT2D eigenvalue weighted by Crippen LogP contribution is -2.40. The average Bonchev–Trinajstić information content (AvgIpc) is 2.86. The van der Waals surface area contributed by atoms with Crippen molar-refractivity contribution in [2.45, 2.75) is 19.3 Å². The van der Waals surface area contributed by atoms with Gasteiger partial charge in [0.2, 0.25) is 5.91 Å². The number of amides is 1. The Labute approximate surface area is 192 Å². The first-order chi connectivity index (χ1) is 15.7. The molecule has 1 heterocycles. The lowest BCUT2D eigenvalue weighted by atomic mass is 9.93. The van der Waals surface area contributed by atoms with Crippen LogP contribution in [0.2, 0.25) is 0 Å². The molecule has 32 heavy (non-hydrogen) atoms. The van der Waals surface area contributed by atoms with Crippen molar-refractivity contribution >= 4 is 23.0 Å². The van der Waals surface area contributed by atoms with Crippen molar-refractivity contribution in [1.82, 2.24) is 4.90 Å². The van der Waals surface area contributed by atoms with Crippen LogP contribution in [0, 0.1) is 5.92 Å². The van der Waals surface area contributed by atoms with Crippen LogP contribution in [0.5, 0.6) is 0 Å². The van der Waals surface area contributed by atoms with E-state index in [0.29, 0.717) is 12.3 Å². The van der Waals surface area contributed by atoms with E-state index in [-0.39, 0.29) is 5.91 Å². The summed E-state index contributed by atoms with van der Waals surface area (Å²) in [5.74, 6) is 0.693. The van der Waals surface area contributed by atoms with Gasteiger partial charge in [0, 0.05) is 43.6 Å². The van der Waals surface area contributed by atoms with Gasteiger partial charge in [-0.05, 0) is 68.2 Å². The molecular weight excluding hydrogens is 394 g/mol. The first-order valence-electron chi connectivity index (χ1n) is 11.6. The van der Waals surface area contributed by atoms with Crippen molar-refractivity contribution in [1.29, 1.82) is 0 Å². The van der Waals surface area contributed by atoms with Crippen molar-refractivity contribution < 1.29 is 4.79 Å². The summed E-state index contributed by atoms with van der Waals surface area (Å²) in [7, 11) is 1.88. The summed E-state index contributed by atoms with van der Waals surface area (Å²) in [5, 5.41) is 0. The number of hydrogen-bond acceptors (Lipinski definition) is 3. The topological polar surface area (TPSA) is 26.8 Å². The molecule has 0 spiro atoms. The molecule has 0 radical (unpaired) electrons. The van der Waals surface area contributed by atoms with Gasteiger partial charge in [0.25, 0.3) is 0 Å². The molecule has 0 aromatic heterocycles. The lowest BCUT2D eigenvalue weighted by molar-refractivity contribution is -0.119. The van der Waals surface area contributed by atoms with Crippen molar-refractivity contribution in [2.24, 2.45) is 5.92 Å². The summed E-state index contributed by atoms with van der Waals surface area (Å²) >= 11 is 0. The number of anilines is 3. The second kappa shape index (κ2) is 11.0. The smallest absolute Gasteiger partial charge is 0.226 e. The van der Waals surface area contributed by atoms with E-state index in [2.05, 4.69) is 70.5 Å². The Balaban J connectivity index is 1.28. The van der Waals surface area contributed by atoms with Crippen molar-refractivity contribution in [3.8, 4) is 0 Å². The molecule has 4 nitrogen and oxygen atoms in total. The molecule has 0 unspecified atom stereocenters. The number of para-hydroxylation sites is 3. The summed E-state index contributed by atoms with van der Waals surface area (Å²) in [6.07, 6.45) is 2.81. The van der Waals surface area contributed by atoms with E-state index < -0.39 is 0 Å². The van der Waals surface area contributed by atoms with Crippen molar-refractivity contribution in [3.63, 3.8) is 0 Å². The van der Waals surface area contributed by atoms with Crippen LogP contribution in [0.1, 0.15) is 19.3 Å². The lowest BCUT2D eigenvalue weighted by Gasteiger charge is -2.34. The third-order valence-corrected chi connectivity index (χ3v) is 6.46. The fraction of sp³-hybridized carbons (Fsp3) is 0.321. The van der Waals surface area contributed by atoms with Crippen LogP contribution in [-0.2, 0) is 4.79 Å². The number of nitrogens with zero attached hydrogens (tertiary/aromatic N) is 3. The Bertz CT molecular complexity index is 914. The highest BCUT2D eigenvalue weighted by Gasteiger charge is 2.23. The summed E-state index contributed by atoms with van der Waals surface area (Å²) < 4.78 is 0. The SMILES string of the molecule is CN(C(=O)CC1CCN(CCN(c2ccccc2)c2ccccc2)CC1)c1ccccc1. The number of rotatable bonds is 8. The number of benzene rings is 3. The zero-order chi connectivity index (χ0) is 22.2. The zero-order valence-corrected chi connectivity index (χ0v) is 18.9. The van der Waals surface area contributed by atoms with Gasteiger partial charge in [0.1, 0.15) is 0 Å².